The van der Waals surface area contributed by atoms with Crippen LogP contribution in [-0.2, 0) is 35.1 Å². The van der Waals surface area contributed by atoms with Gasteiger partial charge in [0.15, 0.2) is 0 Å². The second-order valence-electron chi connectivity index (χ2n) is 18.8. The molecule has 20 nitrogen and oxygen atoms in total. The third kappa shape index (κ3) is 11.0. The van der Waals surface area contributed by atoms with Gasteiger partial charge in [-0.1, -0.05) is 30.3 Å². The molecule has 0 bridgehead atoms. The van der Waals surface area contributed by atoms with Crippen molar-refractivity contribution >= 4 is 56.9 Å². The van der Waals surface area contributed by atoms with Gasteiger partial charge in [0.05, 0.1) is 55.3 Å². The fraction of sp³-hybridized carbons (Fsp3) is 0.315. The number of fused-ring (bicyclic) bond motifs is 2. The van der Waals surface area contributed by atoms with Gasteiger partial charge in [0.2, 0.25) is 34.7 Å². The highest BCUT2D eigenvalue weighted by Gasteiger charge is 2.44. The van der Waals surface area contributed by atoms with Gasteiger partial charge in [0.1, 0.15) is 51.8 Å². The predicted molar refractivity (Wildman–Crippen MR) is 286 cm³/mol. The van der Waals surface area contributed by atoms with Crippen LogP contribution in [0.2, 0.25) is 0 Å². The van der Waals surface area contributed by atoms with Crippen molar-refractivity contribution in [3.8, 4) is 34.0 Å². The molecule has 0 atom stereocenters. The summed E-state index contributed by atoms with van der Waals surface area (Å²) < 4.78 is 13.9. The number of anilines is 2. The lowest BCUT2D eigenvalue weighted by Gasteiger charge is -2.36. The van der Waals surface area contributed by atoms with Crippen LogP contribution < -0.4 is 30.4 Å². The van der Waals surface area contributed by atoms with Gasteiger partial charge in [-0.05, 0) is 94.2 Å². The Morgan fingerprint density at radius 3 is 1.62 bits per heavy atom. The van der Waals surface area contributed by atoms with E-state index < -0.39 is 16.8 Å². The molecule has 2 aromatic carbocycles. The molecule has 0 amide bonds. The maximum absolute atomic E-state index is 12.8. The molecule has 0 spiro atoms. The molecular weight excluding hydrogens is 1010 g/mol. The zero-order valence-electron chi connectivity index (χ0n) is 41.8. The van der Waals surface area contributed by atoms with Crippen molar-refractivity contribution in [2.24, 2.45) is 0 Å². The number of H-pyrrole nitrogens is 1. The smallest absolute Gasteiger partial charge is 0.224 e. The molecule has 76 heavy (non-hydrogen) atoms. The summed E-state index contributed by atoms with van der Waals surface area (Å²) in [6, 6.07) is 27.2. The van der Waals surface area contributed by atoms with Crippen LogP contribution in [0.25, 0.3) is 44.3 Å². The Hall–Kier alpha value is -7.75. The first-order valence-electron chi connectivity index (χ1n) is 24.6. The predicted octanol–water partition coefficient (Wildman–Crippen LogP) is 7.37. The Labute approximate surface area is 447 Å². The van der Waals surface area contributed by atoms with Crippen LogP contribution >= 0.6 is 23.2 Å². The molecule has 12 rings (SSSR count). The topological polar surface area (TPSA) is 296 Å². The van der Waals surface area contributed by atoms with Crippen molar-refractivity contribution in [2.75, 3.05) is 25.7 Å². The molecule has 9 aromatic rings. The number of hydrogen-bond donors (Lipinski definition) is 6. The Bertz CT molecular complexity index is 3480. The highest BCUT2D eigenvalue weighted by Crippen LogP contribution is 2.42. The molecule has 0 aliphatic heterocycles. The van der Waals surface area contributed by atoms with Crippen LogP contribution in [0.5, 0.6) is 11.5 Å². The standard InChI is InChI=1S/C22H22N6O3.C12H11N5O.C10H12ClNO2.C10H12ClNO/c1-31-17-7-3-6-16-19(25-21(23)26-20(16)17)14-11-24-27(12-14)13-15-5-2-8-18(28(15)30)22(29)9-4-10-22;1-18-9-4-2-3-8-10(7-5-14-15-6-7)16-12(13)17-11(8)9;11-7-8-3-1-4-9(12(8)14)10(13)5-2-6-10;11-7-8-3-1-4-9(12-8)10(13)5-2-6-10/h2-3,5-8,11-12,29H,4,9-10,13H2,1H3,(H2,23,25,26);2-6H,1H3,(H,14,15)(H2,13,16,17);1,3-4,13H,2,5-7H2;1,3-4,13H,2,5-7H2. The average Bonchev–Trinajstić information content (AvgIpc) is 4.13. The molecule has 7 heterocycles. The van der Waals surface area contributed by atoms with Crippen molar-refractivity contribution in [3.05, 3.63) is 160 Å². The minimum Gasteiger partial charge on any atom is -0.618 e. The van der Waals surface area contributed by atoms with Crippen molar-refractivity contribution in [3.63, 3.8) is 0 Å². The molecule has 22 heteroatoms. The van der Waals surface area contributed by atoms with Crippen molar-refractivity contribution < 1.29 is 34.3 Å². The van der Waals surface area contributed by atoms with E-state index in [-0.39, 0.29) is 24.3 Å². The van der Waals surface area contributed by atoms with Crippen molar-refractivity contribution in [1.82, 2.24) is 44.9 Å². The average molecular weight is 1070 g/mol. The largest absolute Gasteiger partial charge is 0.618 e. The van der Waals surface area contributed by atoms with Crippen molar-refractivity contribution in [1.29, 1.82) is 0 Å². The monoisotopic (exact) mass is 1070 g/mol. The molecule has 394 valence electrons. The summed E-state index contributed by atoms with van der Waals surface area (Å²) in [6.45, 7) is 0.259. The third-order valence-electron chi connectivity index (χ3n) is 14.0. The summed E-state index contributed by atoms with van der Waals surface area (Å²) in [5.74, 6) is 2.21. The molecule has 8 N–H and O–H groups in total. The maximum Gasteiger partial charge on any atom is 0.224 e. The zero-order valence-corrected chi connectivity index (χ0v) is 43.3. The number of aliphatic hydroxyl groups is 3. The van der Waals surface area contributed by atoms with Gasteiger partial charge in [-0.15, -0.1) is 23.2 Å². The number of benzene rings is 2. The second-order valence-corrected chi connectivity index (χ2v) is 19.4. The van der Waals surface area contributed by atoms with E-state index in [1.807, 2.05) is 60.8 Å². The van der Waals surface area contributed by atoms with Gasteiger partial charge < -0.3 is 46.7 Å². The van der Waals surface area contributed by atoms with Gasteiger partial charge >= 0.3 is 0 Å². The summed E-state index contributed by atoms with van der Waals surface area (Å²) in [7, 11) is 3.18. The van der Waals surface area contributed by atoms with Gasteiger partial charge in [-0.25, -0.2) is 19.9 Å². The van der Waals surface area contributed by atoms with Crippen LogP contribution in [0.3, 0.4) is 0 Å². The summed E-state index contributed by atoms with van der Waals surface area (Å²) in [4.78, 5) is 21.5. The minimum absolute atomic E-state index is 0.138. The van der Waals surface area contributed by atoms with E-state index in [1.165, 1.54) is 0 Å². The molecule has 3 aliphatic rings. The highest BCUT2D eigenvalue weighted by atomic mass is 35.5. The highest BCUT2D eigenvalue weighted by molar-refractivity contribution is 6.17. The second kappa shape index (κ2) is 22.6. The Morgan fingerprint density at radius 2 is 1.13 bits per heavy atom. The molecule has 0 saturated heterocycles. The van der Waals surface area contributed by atoms with Gasteiger partial charge in [0.25, 0.3) is 0 Å². The number of aromatic nitrogens is 11. The van der Waals surface area contributed by atoms with E-state index in [2.05, 4.69) is 40.2 Å². The van der Waals surface area contributed by atoms with E-state index in [1.54, 1.807) is 73.9 Å². The summed E-state index contributed by atoms with van der Waals surface area (Å²) >= 11 is 11.3. The number of alkyl halides is 2. The van der Waals surface area contributed by atoms with Gasteiger partial charge in [0, 0.05) is 58.6 Å². The third-order valence-corrected chi connectivity index (χ3v) is 14.5. The number of hydrogen-bond acceptors (Lipinski definition) is 16. The molecule has 3 aliphatic carbocycles. The summed E-state index contributed by atoms with van der Waals surface area (Å²) in [5, 5.41) is 67.9. The molecule has 0 unspecified atom stereocenters. The Morgan fingerprint density at radius 1 is 0.618 bits per heavy atom. The lowest BCUT2D eigenvalue weighted by Crippen LogP contribution is -2.48. The van der Waals surface area contributed by atoms with Crippen LogP contribution in [0, 0.1) is 10.4 Å². The number of aromatic amines is 1. The Kier molecular flexibility index (Phi) is 15.8. The number of pyridine rings is 3. The SMILES string of the molecule is COc1cccc2c(-c3cn[nH]c3)nc(N)nc12.COc1cccc2c(-c3cnn(Cc4cccc(C5(O)CCC5)[n+]4[O-])c3)nc(N)nc12.OC1(c2cccc(CCl)n2)CCC1.[O-][n+]1c(CCl)cccc1C1(O)CCC1. The zero-order chi connectivity index (χ0) is 53.6. The van der Waals surface area contributed by atoms with Crippen LogP contribution in [-0.4, -0.2) is 74.4 Å². The lowest BCUT2D eigenvalue weighted by atomic mass is 9.77. The van der Waals surface area contributed by atoms with E-state index >= 15 is 0 Å². The number of rotatable bonds is 11. The van der Waals surface area contributed by atoms with Crippen LogP contribution in [0.1, 0.15) is 92.0 Å². The first kappa shape index (κ1) is 53.1. The van der Waals surface area contributed by atoms with Gasteiger partial charge in [-0.3, -0.25) is 14.8 Å². The number of para-hydroxylation sites is 2. The summed E-state index contributed by atoms with van der Waals surface area (Å²) in [6.07, 6.45) is 14.1. The van der Waals surface area contributed by atoms with E-state index in [0.29, 0.717) is 82.6 Å². The summed E-state index contributed by atoms with van der Waals surface area (Å²) in [5.41, 5.74) is 16.8. The van der Waals surface area contributed by atoms with Crippen molar-refractivity contribution in [2.45, 2.75) is 92.9 Å². The normalized spacial score (nSPS) is 15.5. The number of ether oxygens (including phenoxy) is 2. The van der Waals surface area contributed by atoms with Crippen LogP contribution in [0.15, 0.2) is 116 Å². The quantitative estimate of drug-likeness (QED) is 0.0418. The first-order chi connectivity index (χ1) is 36.7. The number of nitrogen functional groups attached to an aromatic ring is 2. The van der Waals surface area contributed by atoms with Crippen LogP contribution in [0.4, 0.5) is 11.9 Å². The fourth-order valence-corrected chi connectivity index (χ4v) is 9.62. The molecule has 3 fully saturated rings. The lowest BCUT2D eigenvalue weighted by molar-refractivity contribution is -0.633. The maximum atomic E-state index is 12.8. The minimum atomic E-state index is -1.02. The molecule has 7 aromatic heterocycles. The number of nitrogens with one attached hydrogen (secondary N) is 1. The number of methoxy groups -OCH3 is 2. The van der Waals surface area contributed by atoms with Gasteiger partial charge in [-0.2, -0.15) is 19.7 Å². The fourth-order valence-electron chi connectivity index (χ4n) is 9.28. The van der Waals surface area contributed by atoms with E-state index in [4.69, 9.17) is 44.1 Å². The first-order valence-corrected chi connectivity index (χ1v) is 25.7. The number of halogens is 2. The number of nitrogens with two attached hydrogens (primary N) is 2. The molecular formula is C54H57Cl2N13O7. The van der Waals surface area contributed by atoms with E-state index in [0.717, 1.165) is 80.5 Å². The molecule has 3 saturated carbocycles. The Balaban J connectivity index is 0.000000133. The number of nitrogens with zero attached hydrogens (tertiary/aromatic N) is 10. The van der Waals surface area contributed by atoms with E-state index in [9.17, 15) is 25.7 Å². The molecule has 0 radical (unpaired) electrons.